The Bertz CT molecular complexity index is 1070. The molecule has 31 heavy (non-hydrogen) atoms. The van der Waals surface area contributed by atoms with Crippen molar-refractivity contribution in [1.82, 2.24) is 4.90 Å². The lowest BCUT2D eigenvalue weighted by Crippen LogP contribution is -2.34. The molecule has 2 aromatic carbocycles. The third kappa shape index (κ3) is 4.83. The van der Waals surface area contributed by atoms with E-state index in [-0.39, 0.29) is 4.90 Å². The van der Waals surface area contributed by atoms with Crippen molar-refractivity contribution in [3.05, 3.63) is 65.0 Å². The molecule has 0 aromatic heterocycles. The number of halogens is 1. The number of rotatable bonds is 5. The zero-order valence-electron chi connectivity index (χ0n) is 17.5. The van der Waals surface area contributed by atoms with Crippen LogP contribution in [0, 0.1) is 11.7 Å². The van der Waals surface area contributed by atoms with Crippen LogP contribution in [0.15, 0.2) is 47.4 Å². The maximum Gasteiger partial charge on any atom is 0.338 e. The summed E-state index contributed by atoms with van der Waals surface area (Å²) in [5.74, 6) is -1.93. The van der Waals surface area contributed by atoms with Crippen LogP contribution in [0.4, 0.5) is 4.39 Å². The summed E-state index contributed by atoms with van der Waals surface area (Å²) in [7, 11) is -3.70. The highest BCUT2D eigenvalue weighted by molar-refractivity contribution is 7.92. The van der Waals surface area contributed by atoms with Gasteiger partial charge in [0.15, 0.2) is 9.84 Å². The Morgan fingerprint density at radius 3 is 2.61 bits per heavy atom. The van der Waals surface area contributed by atoms with Gasteiger partial charge in [0, 0.05) is 19.6 Å². The molecule has 0 spiro atoms. The van der Waals surface area contributed by atoms with Gasteiger partial charge in [0.2, 0.25) is 0 Å². The van der Waals surface area contributed by atoms with E-state index in [1.165, 1.54) is 17.2 Å². The summed E-state index contributed by atoms with van der Waals surface area (Å²) < 4.78 is 40.0. The number of carboxylic acid groups (broad SMARTS) is 1. The van der Waals surface area contributed by atoms with E-state index >= 15 is 0 Å². The second-order valence-corrected chi connectivity index (χ2v) is 11.0. The first-order chi connectivity index (χ1) is 14.8. The van der Waals surface area contributed by atoms with Crippen molar-refractivity contribution in [2.45, 2.75) is 55.2 Å². The fourth-order valence-electron chi connectivity index (χ4n) is 4.95. The second-order valence-electron chi connectivity index (χ2n) is 8.74. The third-order valence-electron chi connectivity index (χ3n) is 6.70. The molecule has 5 nitrogen and oxygen atoms in total. The molecule has 0 bridgehead atoms. The number of hydrogen-bond acceptors (Lipinski definition) is 4. The Balaban J connectivity index is 1.41. The van der Waals surface area contributed by atoms with E-state index in [1.54, 1.807) is 0 Å². The van der Waals surface area contributed by atoms with Crippen molar-refractivity contribution in [3.8, 4) is 0 Å². The minimum atomic E-state index is -3.70. The minimum Gasteiger partial charge on any atom is -0.478 e. The molecule has 0 amide bonds. The first kappa shape index (κ1) is 22.0. The van der Waals surface area contributed by atoms with E-state index in [1.807, 2.05) is 0 Å². The maximum absolute atomic E-state index is 13.7. The molecule has 166 valence electrons. The molecule has 2 unspecified atom stereocenters. The number of carbonyl (C=O) groups is 1. The van der Waals surface area contributed by atoms with Crippen LogP contribution in [0.25, 0.3) is 0 Å². The van der Waals surface area contributed by atoms with Crippen molar-refractivity contribution in [3.63, 3.8) is 0 Å². The molecule has 0 saturated heterocycles. The minimum absolute atomic E-state index is 0.0950. The number of fused-ring (bicyclic) bond motifs is 1. The van der Waals surface area contributed by atoms with Crippen LogP contribution in [-0.2, 0) is 22.8 Å². The van der Waals surface area contributed by atoms with Crippen molar-refractivity contribution in [2.75, 3.05) is 13.1 Å². The van der Waals surface area contributed by atoms with Crippen molar-refractivity contribution in [1.29, 1.82) is 0 Å². The van der Waals surface area contributed by atoms with Crippen LogP contribution in [-0.4, -0.2) is 42.7 Å². The van der Waals surface area contributed by atoms with Gasteiger partial charge in [-0.2, -0.15) is 0 Å². The summed E-state index contributed by atoms with van der Waals surface area (Å²) in [6.07, 6.45) is 4.81. The lowest BCUT2D eigenvalue weighted by molar-refractivity contribution is 0.0691. The molecule has 4 rings (SSSR count). The summed E-state index contributed by atoms with van der Waals surface area (Å²) in [6.45, 7) is 2.95. The molecule has 1 N–H and O–H groups in total. The molecule has 1 saturated carbocycles. The summed E-state index contributed by atoms with van der Waals surface area (Å²) >= 11 is 0. The lowest BCUT2D eigenvalue weighted by atomic mass is 9.96. The predicted octanol–water partition coefficient (Wildman–Crippen LogP) is 4.30. The standard InChI is InChI=1S/C24H28FNO4S/c25-23-11-10-21(14-22(23)24(27)28)31(29,30)20-7-3-4-17(8-9-20)15-26-13-12-18-5-1-2-6-19(18)16-26/h1-2,5-6,10-11,14,17,20H,3-4,7-9,12-13,15-16H2,(H,27,28). The van der Waals surface area contributed by atoms with Crippen LogP contribution < -0.4 is 0 Å². The first-order valence-electron chi connectivity index (χ1n) is 10.9. The monoisotopic (exact) mass is 445 g/mol. The fourth-order valence-corrected chi connectivity index (χ4v) is 6.80. The van der Waals surface area contributed by atoms with Gasteiger partial charge in [0.1, 0.15) is 5.82 Å². The second kappa shape index (κ2) is 9.09. The zero-order valence-corrected chi connectivity index (χ0v) is 18.3. The Kier molecular flexibility index (Phi) is 6.44. The molecule has 2 aliphatic rings. The average Bonchev–Trinajstić information content (AvgIpc) is 3.00. The molecule has 2 aromatic rings. The summed E-state index contributed by atoms with van der Waals surface area (Å²) in [6, 6.07) is 11.6. The van der Waals surface area contributed by atoms with Crippen LogP contribution >= 0.6 is 0 Å². The SMILES string of the molecule is O=C(O)c1cc(S(=O)(=O)C2CCCC(CN3CCc4ccccc4C3)CC2)ccc1F. The average molecular weight is 446 g/mol. The van der Waals surface area contributed by atoms with Crippen molar-refractivity contribution < 1.29 is 22.7 Å². The van der Waals surface area contributed by atoms with E-state index in [4.69, 9.17) is 5.11 Å². The van der Waals surface area contributed by atoms with Crippen LogP contribution in [0.3, 0.4) is 0 Å². The Morgan fingerprint density at radius 2 is 1.84 bits per heavy atom. The van der Waals surface area contributed by atoms with E-state index in [0.717, 1.165) is 57.5 Å². The largest absolute Gasteiger partial charge is 0.478 e. The third-order valence-corrected chi connectivity index (χ3v) is 8.96. The zero-order chi connectivity index (χ0) is 22.0. The number of aromatic carboxylic acids is 1. The smallest absolute Gasteiger partial charge is 0.338 e. The van der Waals surface area contributed by atoms with Crippen LogP contribution in [0.1, 0.15) is 53.6 Å². The van der Waals surface area contributed by atoms with E-state index in [0.29, 0.717) is 18.8 Å². The van der Waals surface area contributed by atoms with Gasteiger partial charge in [-0.25, -0.2) is 17.6 Å². The van der Waals surface area contributed by atoms with Gasteiger partial charge in [-0.1, -0.05) is 30.7 Å². The highest BCUT2D eigenvalue weighted by Crippen LogP contribution is 2.32. The maximum atomic E-state index is 13.7. The number of sulfone groups is 1. The van der Waals surface area contributed by atoms with E-state index in [2.05, 4.69) is 29.2 Å². The Morgan fingerprint density at radius 1 is 1.06 bits per heavy atom. The van der Waals surface area contributed by atoms with Crippen LogP contribution in [0.5, 0.6) is 0 Å². The lowest BCUT2D eigenvalue weighted by Gasteiger charge is -2.31. The predicted molar refractivity (Wildman–Crippen MR) is 116 cm³/mol. The highest BCUT2D eigenvalue weighted by atomic mass is 32.2. The summed E-state index contributed by atoms with van der Waals surface area (Å²) in [5.41, 5.74) is 2.21. The number of carboxylic acids is 1. The number of hydrogen-bond donors (Lipinski definition) is 1. The van der Waals surface area contributed by atoms with Gasteiger partial charge in [-0.05, 0) is 67.3 Å². The Hall–Kier alpha value is -2.25. The first-order valence-corrected chi connectivity index (χ1v) is 12.4. The van der Waals surface area contributed by atoms with Gasteiger partial charge in [-0.15, -0.1) is 0 Å². The number of benzene rings is 2. The molecule has 7 heteroatoms. The van der Waals surface area contributed by atoms with Crippen molar-refractivity contribution in [2.24, 2.45) is 5.92 Å². The molecule has 1 fully saturated rings. The van der Waals surface area contributed by atoms with Gasteiger partial charge >= 0.3 is 5.97 Å². The van der Waals surface area contributed by atoms with Gasteiger partial charge in [0.05, 0.1) is 15.7 Å². The normalized spacial score (nSPS) is 22.5. The molecule has 2 atom stereocenters. The molecular weight excluding hydrogens is 417 g/mol. The highest BCUT2D eigenvalue weighted by Gasteiger charge is 2.32. The van der Waals surface area contributed by atoms with Gasteiger partial charge < -0.3 is 5.11 Å². The number of nitrogens with zero attached hydrogens (tertiary/aromatic N) is 1. The molecule has 1 heterocycles. The fraction of sp³-hybridized carbons (Fsp3) is 0.458. The molecular formula is C24H28FNO4S. The quantitative estimate of drug-likeness (QED) is 0.549. The summed E-state index contributed by atoms with van der Waals surface area (Å²) in [4.78, 5) is 13.6. The van der Waals surface area contributed by atoms with E-state index < -0.39 is 32.4 Å². The topological polar surface area (TPSA) is 74.7 Å². The van der Waals surface area contributed by atoms with Gasteiger partial charge in [0.25, 0.3) is 0 Å². The molecule has 0 radical (unpaired) electrons. The van der Waals surface area contributed by atoms with Crippen molar-refractivity contribution >= 4 is 15.8 Å². The van der Waals surface area contributed by atoms with Crippen LogP contribution in [0.2, 0.25) is 0 Å². The molecule has 1 aliphatic carbocycles. The van der Waals surface area contributed by atoms with E-state index in [9.17, 15) is 17.6 Å². The summed E-state index contributed by atoms with van der Waals surface area (Å²) in [5, 5.41) is 8.57. The Labute approximate surface area is 182 Å². The molecule has 1 aliphatic heterocycles. The van der Waals surface area contributed by atoms with Gasteiger partial charge in [-0.3, -0.25) is 4.90 Å².